The van der Waals surface area contributed by atoms with Crippen molar-refractivity contribution in [2.75, 3.05) is 23.8 Å². The molecule has 1 aliphatic rings. The molecule has 0 saturated carbocycles. The van der Waals surface area contributed by atoms with E-state index in [0.717, 1.165) is 5.56 Å². The number of nitriles is 1. The highest BCUT2D eigenvalue weighted by atomic mass is 19.1. The number of nitrogens with one attached hydrogen (secondary N) is 2. The number of carbonyl (C=O) groups is 1. The number of halogens is 1. The third kappa shape index (κ3) is 4.93. The zero-order valence-electron chi connectivity index (χ0n) is 18.5. The highest BCUT2D eigenvalue weighted by Crippen LogP contribution is 2.31. The summed E-state index contributed by atoms with van der Waals surface area (Å²) in [5.41, 5.74) is 2.13. The van der Waals surface area contributed by atoms with Crippen molar-refractivity contribution < 1.29 is 9.18 Å². The van der Waals surface area contributed by atoms with Crippen LogP contribution in [-0.2, 0) is 11.3 Å². The smallest absolute Gasteiger partial charge is 0.225 e. The Morgan fingerprint density at radius 3 is 2.70 bits per heavy atom. The molecule has 2 N–H and O–H groups in total. The van der Waals surface area contributed by atoms with Gasteiger partial charge in [-0.3, -0.25) is 4.79 Å². The molecule has 1 aromatic heterocycles. The molecule has 4 rings (SSSR count). The van der Waals surface area contributed by atoms with Gasteiger partial charge in [0.2, 0.25) is 11.9 Å². The Hall–Kier alpha value is -3.99. The zero-order chi connectivity index (χ0) is 23.4. The van der Waals surface area contributed by atoms with Crippen molar-refractivity contribution in [2.45, 2.75) is 25.9 Å². The van der Waals surface area contributed by atoms with E-state index in [0.29, 0.717) is 42.5 Å². The van der Waals surface area contributed by atoms with Gasteiger partial charge in [0.1, 0.15) is 17.7 Å². The number of rotatable bonds is 6. The molecular formula is C25H25FN6O. The first kappa shape index (κ1) is 22.2. The van der Waals surface area contributed by atoms with Crippen LogP contribution < -0.4 is 15.5 Å². The third-order valence-electron chi connectivity index (χ3n) is 5.87. The number of carbonyl (C=O) groups excluding carboxylic acids is 1. The van der Waals surface area contributed by atoms with Crippen LogP contribution in [0.1, 0.15) is 24.5 Å². The predicted octanol–water partition coefficient (Wildman–Crippen LogP) is 3.73. The highest BCUT2D eigenvalue weighted by Gasteiger charge is 2.34. The van der Waals surface area contributed by atoms with Gasteiger partial charge in [0, 0.05) is 37.8 Å². The molecule has 0 bridgehead atoms. The molecule has 0 radical (unpaired) electrons. The van der Waals surface area contributed by atoms with Gasteiger partial charge in [-0.1, -0.05) is 36.4 Å². The van der Waals surface area contributed by atoms with Crippen molar-refractivity contribution >= 4 is 17.7 Å². The van der Waals surface area contributed by atoms with Gasteiger partial charge >= 0.3 is 0 Å². The van der Waals surface area contributed by atoms with Gasteiger partial charge in [-0.15, -0.1) is 0 Å². The average molecular weight is 445 g/mol. The monoisotopic (exact) mass is 444 g/mol. The number of benzene rings is 2. The molecule has 2 aromatic carbocycles. The Kier molecular flexibility index (Phi) is 6.50. The van der Waals surface area contributed by atoms with Crippen LogP contribution in [0.15, 0.2) is 54.6 Å². The molecular weight excluding hydrogens is 419 g/mol. The number of hydrogen-bond donors (Lipinski definition) is 2. The molecule has 0 spiro atoms. The molecule has 2 heterocycles. The van der Waals surface area contributed by atoms with Crippen LogP contribution in [0, 0.1) is 23.1 Å². The van der Waals surface area contributed by atoms with E-state index in [1.165, 1.54) is 12.1 Å². The van der Waals surface area contributed by atoms with Crippen LogP contribution in [0.4, 0.5) is 16.2 Å². The molecule has 1 fully saturated rings. The summed E-state index contributed by atoms with van der Waals surface area (Å²) in [6, 6.07) is 18.0. The lowest BCUT2D eigenvalue weighted by Gasteiger charge is -2.23. The van der Waals surface area contributed by atoms with E-state index in [4.69, 9.17) is 5.26 Å². The molecule has 3 aromatic rings. The number of amides is 1. The Balaban J connectivity index is 1.53. The number of anilines is 2. The summed E-state index contributed by atoms with van der Waals surface area (Å²) in [6.45, 7) is 3.09. The Morgan fingerprint density at radius 1 is 1.21 bits per heavy atom. The molecule has 1 amide bonds. The third-order valence-corrected chi connectivity index (χ3v) is 5.87. The van der Waals surface area contributed by atoms with Gasteiger partial charge in [0.15, 0.2) is 0 Å². The lowest BCUT2D eigenvalue weighted by Crippen LogP contribution is -2.33. The van der Waals surface area contributed by atoms with Gasteiger partial charge in [-0.25, -0.2) is 9.37 Å². The van der Waals surface area contributed by atoms with E-state index < -0.39 is 5.82 Å². The summed E-state index contributed by atoms with van der Waals surface area (Å²) < 4.78 is 14.2. The van der Waals surface area contributed by atoms with Gasteiger partial charge < -0.3 is 15.5 Å². The molecule has 1 saturated heterocycles. The standard InChI is InChI=1S/C25H25FN6O/c1-16-10-20(24(33)29-14-17-6-4-3-5-7-17)15-32(16)23-12-22(30-25(28-2)31-23)18-8-9-19(13-27)21(26)11-18/h3-9,11-12,16,20H,10,14-15H2,1-2H3,(H,29,33)(H,28,30,31)/t16-,20+/m0/s1. The second-order valence-electron chi connectivity index (χ2n) is 8.13. The fraction of sp³-hybridized carbons (Fsp3) is 0.280. The summed E-state index contributed by atoms with van der Waals surface area (Å²) in [5.74, 6) is 0.334. The van der Waals surface area contributed by atoms with E-state index in [-0.39, 0.29) is 23.4 Å². The minimum Gasteiger partial charge on any atom is -0.357 e. The van der Waals surface area contributed by atoms with Crippen LogP contribution in [0.3, 0.4) is 0 Å². The second kappa shape index (κ2) is 9.65. The first-order valence-electron chi connectivity index (χ1n) is 10.8. The lowest BCUT2D eigenvalue weighted by atomic mass is 10.1. The second-order valence-corrected chi connectivity index (χ2v) is 8.13. The van der Waals surface area contributed by atoms with Crippen molar-refractivity contribution in [1.82, 2.24) is 15.3 Å². The fourth-order valence-electron chi connectivity index (χ4n) is 4.08. The summed E-state index contributed by atoms with van der Waals surface area (Å²) in [6.07, 6.45) is 0.709. The number of nitrogens with zero attached hydrogens (tertiary/aromatic N) is 4. The summed E-state index contributed by atoms with van der Waals surface area (Å²) in [7, 11) is 1.72. The number of hydrogen-bond acceptors (Lipinski definition) is 6. The van der Waals surface area contributed by atoms with Crippen LogP contribution in [0.2, 0.25) is 0 Å². The van der Waals surface area contributed by atoms with Gasteiger partial charge in [0.05, 0.1) is 17.2 Å². The topological polar surface area (TPSA) is 93.9 Å². The Bertz CT molecular complexity index is 1190. The van der Waals surface area contributed by atoms with Crippen molar-refractivity contribution in [1.29, 1.82) is 5.26 Å². The minimum atomic E-state index is -0.592. The summed E-state index contributed by atoms with van der Waals surface area (Å²) in [4.78, 5) is 23.9. The maximum absolute atomic E-state index is 14.2. The van der Waals surface area contributed by atoms with Crippen molar-refractivity contribution in [3.05, 3.63) is 71.5 Å². The van der Waals surface area contributed by atoms with Crippen molar-refractivity contribution in [3.63, 3.8) is 0 Å². The Labute approximate surface area is 192 Å². The zero-order valence-corrected chi connectivity index (χ0v) is 18.5. The average Bonchev–Trinajstić information content (AvgIpc) is 3.24. The molecule has 168 valence electrons. The van der Waals surface area contributed by atoms with Crippen molar-refractivity contribution in [3.8, 4) is 17.3 Å². The molecule has 0 unspecified atom stereocenters. The lowest BCUT2D eigenvalue weighted by molar-refractivity contribution is -0.124. The van der Waals surface area contributed by atoms with Crippen LogP contribution in [-0.4, -0.2) is 35.5 Å². The molecule has 8 heteroatoms. The van der Waals surface area contributed by atoms with Crippen LogP contribution in [0.25, 0.3) is 11.3 Å². The minimum absolute atomic E-state index is 0.0145. The van der Waals surface area contributed by atoms with E-state index in [9.17, 15) is 9.18 Å². The van der Waals surface area contributed by atoms with E-state index >= 15 is 0 Å². The highest BCUT2D eigenvalue weighted by molar-refractivity contribution is 5.80. The quantitative estimate of drug-likeness (QED) is 0.602. The summed E-state index contributed by atoms with van der Waals surface area (Å²) in [5, 5.41) is 15.0. The first-order chi connectivity index (χ1) is 16.0. The van der Waals surface area contributed by atoms with E-state index in [1.54, 1.807) is 19.2 Å². The molecule has 33 heavy (non-hydrogen) atoms. The van der Waals surface area contributed by atoms with Gasteiger partial charge in [-0.2, -0.15) is 10.2 Å². The maximum atomic E-state index is 14.2. The van der Waals surface area contributed by atoms with Crippen molar-refractivity contribution in [2.24, 2.45) is 5.92 Å². The molecule has 1 aliphatic heterocycles. The first-order valence-corrected chi connectivity index (χ1v) is 10.8. The summed E-state index contributed by atoms with van der Waals surface area (Å²) >= 11 is 0. The van der Waals surface area contributed by atoms with Crippen LogP contribution >= 0.6 is 0 Å². The van der Waals surface area contributed by atoms with Crippen LogP contribution in [0.5, 0.6) is 0 Å². The SMILES string of the molecule is CNc1nc(-c2ccc(C#N)c(F)c2)cc(N2C[C@H](C(=O)NCc3ccccc3)C[C@@H]2C)n1. The largest absolute Gasteiger partial charge is 0.357 e. The predicted molar refractivity (Wildman–Crippen MR) is 125 cm³/mol. The molecule has 0 aliphatic carbocycles. The fourth-order valence-corrected chi connectivity index (χ4v) is 4.08. The Morgan fingerprint density at radius 2 is 2.00 bits per heavy atom. The van der Waals surface area contributed by atoms with E-state index in [1.807, 2.05) is 36.4 Å². The molecule has 7 nitrogen and oxygen atoms in total. The van der Waals surface area contributed by atoms with E-state index in [2.05, 4.69) is 32.4 Å². The van der Waals surface area contributed by atoms with Gasteiger partial charge in [0.25, 0.3) is 0 Å². The van der Waals surface area contributed by atoms with Gasteiger partial charge in [-0.05, 0) is 31.0 Å². The molecule has 2 atom stereocenters. The maximum Gasteiger partial charge on any atom is 0.225 e. The number of aromatic nitrogens is 2. The normalized spacial score (nSPS) is 17.5.